The van der Waals surface area contributed by atoms with E-state index in [4.69, 9.17) is 9.47 Å². The van der Waals surface area contributed by atoms with Gasteiger partial charge in [0.25, 0.3) is 0 Å². The van der Waals surface area contributed by atoms with Gasteiger partial charge in [0.2, 0.25) is 0 Å². The van der Waals surface area contributed by atoms with E-state index >= 15 is 0 Å². The minimum Gasteiger partial charge on any atom is -0.491 e. The standard InChI is InChI=1S/C16H25FN2O3/c1-2-19-7-8-21-16(11-19)10-18-9-14(20)12-22-15-5-3-13(17)4-6-15/h3-6,14,16,18,20H,2,7-12H2,1H3/t14-,16-/m0/s1. The second kappa shape index (κ2) is 9.05. The molecule has 0 aliphatic carbocycles. The lowest BCUT2D eigenvalue weighted by molar-refractivity contribution is -0.0266. The maximum atomic E-state index is 12.8. The molecule has 0 radical (unpaired) electrons. The summed E-state index contributed by atoms with van der Waals surface area (Å²) in [6.07, 6.45) is -0.449. The Kier molecular flexibility index (Phi) is 7.05. The van der Waals surface area contributed by atoms with Crippen LogP contribution < -0.4 is 10.1 Å². The number of aliphatic hydroxyl groups is 1. The van der Waals surface area contributed by atoms with Crippen molar-refractivity contribution in [3.8, 4) is 5.75 Å². The first kappa shape index (κ1) is 17.1. The molecule has 2 atom stereocenters. The summed E-state index contributed by atoms with van der Waals surface area (Å²) in [4.78, 5) is 2.35. The largest absolute Gasteiger partial charge is 0.491 e. The molecule has 0 amide bonds. The molecule has 6 heteroatoms. The van der Waals surface area contributed by atoms with Gasteiger partial charge in [-0.2, -0.15) is 0 Å². The molecule has 1 fully saturated rings. The number of morpholine rings is 1. The van der Waals surface area contributed by atoms with Gasteiger partial charge < -0.3 is 19.9 Å². The van der Waals surface area contributed by atoms with Crippen LogP contribution in [-0.4, -0.2) is 68.2 Å². The van der Waals surface area contributed by atoms with Crippen LogP contribution in [0.2, 0.25) is 0 Å². The second-order valence-corrected chi connectivity index (χ2v) is 5.46. The number of rotatable bonds is 8. The average molecular weight is 312 g/mol. The van der Waals surface area contributed by atoms with Crippen LogP contribution in [0.5, 0.6) is 5.75 Å². The lowest BCUT2D eigenvalue weighted by Crippen LogP contribution is -2.47. The lowest BCUT2D eigenvalue weighted by Gasteiger charge is -2.32. The van der Waals surface area contributed by atoms with Gasteiger partial charge in [-0.15, -0.1) is 0 Å². The topological polar surface area (TPSA) is 54.0 Å². The number of hydrogen-bond acceptors (Lipinski definition) is 5. The van der Waals surface area contributed by atoms with E-state index in [0.717, 1.165) is 26.2 Å². The normalized spacial score (nSPS) is 20.8. The van der Waals surface area contributed by atoms with Crippen LogP contribution in [0, 0.1) is 5.82 Å². The minimum absolute atomic E-state index is 0.166. The SMILES string of the molecule is CCN1CCO[C@@H](CNC[C@H](O)COc2ccc(F)cc2)C1. The first-order chi connectivity index (χ1) is 10.7. The fourth-order valence-electron chi connectivity index (χ4n) is 2.38. The molecule has 124 valence electrons. The highest BCUT2D eigenvalue weighted by atomic mass is 19.1. The van der Waals surface area contributed by atoms with Crippen LogP contribution >= 0.6 is 0 Å². The summed E-state index contributed by atoms with van der Waals surface area (Å²) in [5.41, 5.74) is 0. The van der Waals surface area contributed by atoms with Crippen molar-refractivity contribution in [3.63, 3.8) is 0 Å². The van der Waals surface area contributed by atoms with Gasteiger partial charge in [-0.05, 0) is 30.8 Å². The van der Waals surface area contributed by atoms with E-state index in [1.807, 2.05) is 0 Å². The molecular formula is C16H25FN2O3. The van der Waals surface area contributed by atoms with Gasteiger partial charge in [0.1, 0.15) is 24.3 Å². The summed E-state index contributed by atoms with van der Waals surface area (Å²) in [5.74, 6) is 0.248. The number of nitrogens with zero attached hydrogens (tertiary/aromatic N) is 1. The molecule has 22 heavy (non-hydrogen) atoms. The number of benzene rings is 1. The third-order valence-electron chi connectivity index (χ3n) is 3.68. The van der Waals surface area contributed by atoms with E-state index < -0.39 is 6.10 Å². The van der Waals surface area contributed by atoms with Crippen molar-refractivity contribution in [2.24, 2.45) is 0 Å². The first-order valence-electron chi connectivity index (χ1n) is 7.78. The number of nitrogens with one attached hydrogen (secondary N) is 1. The van der Waals surface area contributed by atoms with Gasteiger partial charge in [-0.1, -0.05) is 6.92 Å². The molecule has 2 N–H and O–H groups in total. The maximum absolute atomic E-state index is 12.8. The molecule has 0 bridgehead atoms. The molecule has 5 nitrogen and oxygen atoms in total. The van der Waals surface area contributed by atoms with Crippen LogP contribution in [0.4, 0.5) is 4.39 Å². The fourth-order valence-corrected chi connectivity index (χ4v) is 2.38. The molecule has 1 aromatic rings. The summed E-state index contributed by atoms with van der Waals surface area (Å²) in [6.45, 7) is 7.17. The zero-order valence-electron chi connectivity index (χ0n) is 13.0. The molecule has 1 aliphatic heterocycles. The summed E-state index contributed by atoms with van der Waals surface area (Å²) in [7, 11) is 0. The molecule has 1 aromatic carbocycles. The van der Waals surface area contributed by atoms with E-state index in [0.29, 0.717) is 18.8 Å². The quantitative estimate of drug-likeness (QED) is 0.746. The highest BCUT2D eigenvalue weighted by molar-refractivity contribution is 5.22. The van der Waals surface area contributed by atoms with E-state index in [1.54, 1.807) is 12.1 Å². The molecule has 0 saturated carbocycles. The molecule has 2 rings (SSSR count). The van der Waals surface area contributed by atoms with Crippen molar-refractivity contribution in [3.05, 3.63) is 30.1 Å². The summed E-state index contributed by atoms with van der Waals surface area (Å²) in [5, 5.41) is 13.1. The Morgan fingerprint density at radius 2 is 2.23 bits per heavy atom. The molecule has 0 spiro atoms. The molecule has 1 heterocycles. The van der Waals surface area contributed by atoms with E-state index in [2.05, 4.69) is 17.1 Å². The average Bonchev–Trinajstić information content (AvgIpc) is 2.54. The Morgan fingerprint density at radius 1 is 1.45 bits per heavy atom. The first-order valence-corrected chi connectivity index (χ1v) is 7.78. The molecule has 0 unspecified atom stereocenters. The zero-order valence-corrected chi connectivity index (χ0v) is 13.0. The third-order valence-corrected chi connectivity index (χ3v) is 3.68. The van der Waals surface area contributed by atoms with E-state index in [-0.39, 0.29) is 18.5 Å². The monoisotopic (exact) mass is 312 g/mol. The van der Waals surface area contributed by atoms with Gasteiger partial charge in [0.05, 0.1) is 12.7 Å². The van der Waals surface area contributed by atoms with Crippen LogP contribution in [0.1, 0.15) is 6.92 Å². The number of aliphatic hydroxyl groups excluding tert-OH is 1. The Hall–Kier alpha value is -1.21. The van der Waals surface area contributed by atoms with E-state index in [9.17, 15) is 9.50 Å². The van der Waals surface area contributed by atoms with Crippen molar-refractivity contribution >= 4 is 0 Å². The predicted molar refractivity (Wildman–Crippen MR) is 82.6 cm³/mol. The Bertz CT molecular complexity index is 430. The van der Waals surface area contributed by atoms with Crippen LogP contribution in [0.25, 0.3) is 0 Å². The van der Waals surface area contributed by atoms with Crippen LogP contribution in [0.3, 0.4) is 0 Å². The van der Waals surface area contributed by atoms with Gasteiger partial charge >= 0.3 is 0 Å². The van der Waals surface area contributed by atoms with Gasteiger partial charge in [0.15, 0.2) is 0 Å². The molecular weight excluding hydrogens is 287 g/mol. The summed E-state index contributed by atoms with van der Waals surface area (Å²) >= 11 is 0. The highest BCUT2D eigenvalue weighted by Crippen LogP contribution is 2.11. The van der Waals surface area contributed by atoms with Crippen molar-refractivity contribution in [1.29, 1.82) is 0 Å². The lowest BCUT2D eigenvalue weighted by atomic mass is 10.2. The van der Waals surface area contributed by atoms with Crippen molar-refractivity contribution in [2.75, 3.05) is 45.9 Å². The zero-order chi connectivity index (χ0) is 15.8. The molecule has 0 aromatic heterocycles. The van der Waals surface area contributed by atoms with Crippen LogP contribution in [-0.2, 0) is 4.74 Å². The smallest absolute Gasteiger partial charge is 0.123 e. The van der Waals surface area contributed by atoms with E-state index in [1.165, 1.54) is 12.1 Å². The van der Waals surface area contributed by atoms with Crippen molar-refractivity contribution in [1.82, 2.24) is 10.2 Å². The third kappa shape index (κ3) is 5.88. The highest BCUT2D eigenvalue weighted by Gasteiger charge is 2.19. The van der Waals surface area contributed by atoms with Gasteiger partial charge in [0, 0.05) is 26.2 Å². The van der Waals surface area contributed by atoms with Gasteiger partial charge in [-0.25, -0.2) is 4.39 Å². The number of ether oxygens (including phenoxy) is 2. The summed E-state index contributed by atoms with van der Waals surface area (Å²) < 4.78 is 23.8. The van der Waals surface area contributed by atoms with Gasteiger partial charge in [-0.3, -0.25) is 4.90 Å². The Labute approximate surface area is 131 Å². The molecule has 1 saturated heterocycles. The van der Waals surface area contributed by atoms with Crippen molar-refractivity contribution < 1.29 is 19.0 Å². The number of halogens is 1. The Balaban J connectivity index is 1.59. The van der Waals surface area contributed by atoms with Crippen LogP contribution in [0.15, 0.2) is 24.3 Å². The number of hydrogen-bond donors (Lipinski definition) is 2. The number of likely N-dealkylation sites (N-methyl/N-ethyl adjacent to an activating group) is 1. The second-order valence-electron chi connectivity index (χ2n) is 5.46. The Morgan fingerprint density at radius 3 is 2.95 bits per heavy atom. The fraction of sp³-hybridized carbons (Fsp3) is 0.625. The molecule has 1 aliphatic rings. The summed E-state index contributed by atoms with van der Waals surface area (Å²) in [6, 6.07) is 5.76. The minimum atomic E-state index is -0.615. The van der Waals surface area contributed by atoms with Crippen molar-refractivity contribution in [2.45, 2.75) is 19.1 Å². The predicted octanol–water partition coefficient (Wildman–Crippen LogP) is 0.876. The maximum Gasteiger partial charge on any atom is 0.123 e.